The second-order valence-electron chi connectivity index (χ2n) is 11.4. The monoisotopic (exact) mass is 416 g/mol. The fourth-order valence-electron chi connectivity index (χ4n) is 8.49. The predicted octanol–water partition coefficient (Wildman–Crippen LogP) is 6.00. The number of carboxylic acid groups (broad SMARTS) is 1. The Bertz CT molecular complexity index is 727. The van der Waals surface area contributed by atoms with Crippen molar-refractivity contribution >= 4 is 11.9 Å². The minimum absolute atomic E-state index is 0.0678. The van der Waals surface area contributed by atoms with Crippen molar-refractivity contribution in [2.45, 2.75) is 98.0 Å². The van der Waals surface area contributed by atoms with E-state index in [1.54, 1.807) is 5.57 Å². The third-order valence-electron chi connectivity index (χ3n) is 9.97. The van der Waals surface area contributed by atoms with E-state index in [1.807, 2.05) is 0 Å². The van der Waals surface area contributed by atoms with Crippen molar-refractivity contribution in [1.29, 1.82) is 0 Å². The van der Waals surface area contributed by atoms with Crippen LogP contribution >= 0.6 is 0 Å². The van der Waals surface area contributed by atoms with Gasteiger partial charge in [-0.1, -0.05) is 32.4 Å². The Balaban J connectivity index is 1.51. The molecule has 168 valence electrons. The first-order chi connectivity index (χ1) is 14.1. The topological polar surface area (TPSA) is 63.6 Å². The Morgan fingerprint density at radius 2 is 1.93 bits per heavy atom. The van der Waals surface area contributed by atoms with Gasteiger partial charge in [0.1, 0.15) is 6.10 Å². The lowest BCUT2D eigenvalue weighted by Crippen LogP contribution is -2.51. The fourth-order valence-corrected chi connectivity index (χ4v) is 8.49. The second kappa shape index (κ2) is 7.98. The van der Waals surface area contributed by atoms with Gasteiger partial charge in [-0.25, -0.2) is 0 Å². The molecule has 4 aliphatic rings. The molecule has 4 heteroatoms. The standard InChI is InChI=1S/C26H40O4/c1-16(5-10-24(28)29)21-8-9-22-20-7-6-18-15-19(30-17(2)27)11-13-25(18,3)23(20)12-14-26(21,22)4/h6,16,19-23H,5,7-15H2,1-4H3,(H,28,29)/t16-,19-,20-,21+,22-,23-,25-,26+/m0/s1. The molecule has 4 nitrogen and oxygen atoms in total. The third kappa shape index (κ3) is 3.62. The molecule has 0 bridgehead atoms. The molecule has 0 saturated heterocycles. The lowest BCUT2D eigenvalue weighted by atomic mass is 9.47. The molecule has 0 aromatic rings. The molecule has 30 heavy (non-hydrogen) atoms. The van der Waals surface area contributed by atoms with E-state index in [0.29, 0.717) is 23.7 Å². The van der Waals surface area contributed by atoms with Crippen LogP contribution in [0.1, 0.15) is 91.9 Å². The van der Waals surface area contributed by atoms with Gasteiger partial charge in [0, 0.05) is 19.8 Å². The zero-order valence-electron chi connectivity index (χ0n) is 19.3. The summed E-state index contributed by atoms with van der Waals surface area (Å²) < 4.78 is 5.57. The van der Waals surface area contributed by atoms with Crippen LogP contribution in [-0.4, -0.2) is 23.1 Å². The molecular weight excluding hydrogens is 376 g/mol. The van der Waals surface area contributed by atoms with Crippen molar-refractivity contribution in [2.24, 2.45) is 40.4 Å². The molecule has 1 N–H and O–H groups in total. The molecule has 0 radical (unpaired) electrons. The number of aliphatic carboxylic acids is 1. The lowest BCUT2D eigenvalue weighted by Gasteiger charge is -2.58. The highest BCUT2D eigenvalue weighted by Gasteiger charge is 2.59. The smallest absolute Gasteiger partial charge is 0.303 e. The summed E-state index contributed by atoms with van der Waals surface area (Å²) in [5.41, 5.74) is 2.19. The number of rotatable bonds is 5. The summed E-state index contributed by atoms with van der Waals surface area (Å²) in [6.45, 7) is 8.84. The number of fused-ring (bicyclic) bond motifs is 5. The van der Waals surface area contributed by atoms with Crippen LogP contribution in [0.25, 0.3) is 0 Å². The van der Waals surface area contributed by atoms with E-state index < -0.39 is 5.97 Å². The normalized spacial score (nSPS) is 43.6. The number of hydrogen-bond acceptors (Lipinski definition) is 3. The summed E-state index contributed by atoms with van der Waals surface area (Å²) >= 11 is 0. The van der Waals surface area contributed by atoms with Crippen LogP contribution in [0.2, 0.25) is 0 Å². The second-order valence-corrected chi connectivity index (χ2v) is 11.4. The van der Waals surface area contributed by atoms with Crippen LogP contribution < -0.4 is 0 Å². The lowest BCUT2D eigenvalue weighted by molar-refractivity contribution is -0.148. The molecule has 0 aromatic heterocycles. The van der Waals surface area contributed by atoms with Gasteiger partial charge in [-0.3, -0.25) is 9.59 Å². The summed E-state index contributed by atoms with van der Waals surface area (Å²) in [5, 5.41) is 9.13. The number of allylic oxidation sites excluding steroid dienone is 1. The van der Waals surface area contributed by atoms with Crippen LogP contribution in [0, 0.1) is 40.4 Å². The van der Waals surface area contributed by atoms with E-state index in [9.17, 15) is 9.59 Å². The molecule has 0 aliphatic heterocycles. The van der Waals surface area contributed by atoms with Crippen LogP contribution in [0.15, 0.2) is 11.6 Å². The summed E-state index contributed by atoms with van der Waals surface area (Å²) in [7, 11) is 0. The molecule has 0 aromatic carbocycles. The van der Waals surface area contributed by atoms with E-state index in [4.69, 9.17) is 9.84 Å². The Morgan fingerprint density at radius 3 is 2.63 bits per heavy atom. The van der Waals surface area contributed by atoms with Crippen LogP contribution in [0.4, 0.5) is 0 Å². The van der Waals surface area contributed by atoms with Crippen LogP contribution in [0.3, 0.4) is 0 Å². The molecule has 0 spiro atoms. The molecule has 0 heterocycles. The van der Waals surface area contributed by atoms with Gasteiger partial charge >= 0.3 is 11.9 Å². The Kier molecular flexibility index (Phi) is 5.83. The van der Waals surface area contributed by atoms with Gasteiger partial charge in [0.25, 0.3) is 0 Å². The van der Waals surface area contributed by atoms with Crippen LogP contribution in [-0.2, 0) is 14.3 Å². The van der Waals surface area contributed by atoms with E-state index >= 15 is 0 Å². The van der Waals surface area contributed by atoms with E-state index in [0.717, 1.165) is 43.4 Å². The molecular formula is C26H40O4. The van der Waals surface area contributed by atoms with Gasteiger partial charge in [-0.05, 0) is 91.8 Å². The molecule has 8 atom stereocenters. The maximum atomic E-state index is 11.4. The van der Waals surface area contributed by atoms with Crippen molar-refractivity contribution in [1.82, 2.24) is 0 Å². The number of hydrogen-bond donors (Lipinski definition) is 1. The summed E-state index contributed by atoms with van der Waals surface area (Å²) in [4.78, 5) is 22.5. The number of ether oxygens (including phenoxy) is 1. The molecule has 0 unspecified atom stereocenters. The summed E-state index contributed by atoms with van der Waals surface area (Å²) in [6, 6.07) is 0. The van der Waals surface area contributed by atoms with E-state index in [2.05, 4.69) is 26.8 Å². The van der Waals surface area contributed by atoms with Crippen molar-refractivity contribution < 1.29 is 19.4 Å². The fraction of sp³-hybridized carbons (Fsp3) is 0.846. The zero-order valence-corrected chi connectivity index (χ0v) is 19.3. The number of carboxylic acids is 1. The summed E-state index contributed by atoms with van der Waals surface area (Å²) in [5.74, 6) is 2.64. The third-order valence-corrected chi connectivity index (χ3v) is 9.97. The molecule has 4 rings (SSSR count). The number of esters is 1. The van der Waals surface area contributed by atoms with Gasteiger partial charge in [-0.15, -0.1) is 0 Å². The van der Waals surface area contributed by atoms with Crippen molar-refractivity contribution in [2.75, 3.05) is 0 Å². The highest BCUT2D eigenvalue weighted by Crippen LogP contribution is 2.67. The first-order valence-corrected chi connectivity index (χ1v) is 12.2. The average Bonchev–Trinajstić information content (AvgIpc) is 3.03. The highest BCUT2D eigenvalue weighted by atomic mass is 16.5. The Hall–Kier alpha value is -1.32. The Morgan fingerprint density at radius 1 is 1.17 bits per heavy atom. The molecule has 0 amide bonds. The van der Waals surface area contributed by atoms with Crippen LogP contribution in [0.5, 0.6) is 0 Å². The molecule has 3 saturated carbocycles. The first-order valence-electron chi connectivity index (χ1n) is 12.2. The van der Waals surface area contributed by atoms with Crippen molar-refractivity contribution in [3.63, 3.8) is 0 Å². The maximum absolute atomic E-state index is 11.4. The maximum Gasteiger partial charge on any atom is 0.303 e. The minimum atomic E-state index is -0.660. The Labute approximate surface area is 181 Å². The molecule has 3 fully saturated rings. The first kappa shape index (κ1) is 21.9. The minimum Gasteiger partial charge on any atom is -0.481 e. The van der Waals surface area contributed by atoms with E-state index in [1.165, 1.54) is 39.0 Å². The van der Waals surface area contributed by atoms with Gasteiger partial charge in [0.2, 0.25) is 0 Å². The summed E-state index contributed by atoms with van der Waals surface area (Å²) in [6.07, 6.45) is 13.1. The predicted molar refractivity (Wildman–Crippen MR) is 117 cm³/mol. The van der Waals surface area contributed by atoms with Crippen molar-refractivity contribution in [3.05, 3.63) is 11.6 Å². The van der Waals surface area contributed by atoms with Gasteiger partial charge < -0.3 is 9.84 Å². The van der Waals surface area contributed by atoms with Gasteiger partial charge in [0.05, 0.1) is 0 Å². The average molecular weight is 417 g/mol. The number of carbonyl (C=O) groups excluding carboxylic acids is 1. The zero-order chi connectivity index (χ0) is 21.7. The molecule has 4 aliphatic carbocycles. The van der Waals surface area contributed by atoms with Gasteiger partial charge in [-0.2, -0.15) is 0 Å². The SMILES string of the molecule is CC(=O)O[C@H]1CC[C@@]2(C)C(=CC[C@H]3[C@@H]4CC[C@H]([C@@H](C)CCC(=O)O)[C@@]4(C)CC[C@@H]32)C1. The highest BCUT2D eigenvalue weighted by molar-refractivity contribution is 5.66. The largest absolute Gasteiger partial charge is 0.481 e. The quantitative estimate of drug-likeness (QED) is 0.441. The number of carbonyl (C=O) groups is 2. The van der Waals surface area contributed by atoms with Crippen molar-refractivity contribution in [3.8, 4) is 0 Å². The van der Waals surface area contributed by atoms with Gasteiger partial charge in [0.15, 0.2) is 0 Å². The van der Waals surface area contributed by atoms with E-state index in [-0.39, 0.29) is 17.5 Å².